The maximum atomic E-state index is 12.9. The molecule has 5 nitrogen and oxygen atoms in total. The van der Waals surface area contributed by atoms with Gasteiger partial charge in [0.05, 0.1) is 4.91 Å². The molecule has 1 saturated heterocycles. The van der Waals surface area contributed by atoms with E-state index in [9.17, 15) is 14.4 Å². The summed E-state index contributed by atoms with van der Waals surface area (Å²) in [5.74, 6) is -0.621. The highest BCUT2D eigenvalue weighted by Gasteiger charge is 2.37. The van der Waals surface area contributed by atoms with Crippen molar-refractivity contribution in [2.45, 2.75) is 29.7 Å². The number of amides is 3. The summed E-state index contributed by atoms with van der Waals surface area (Å²) in [5, 5.41) is -0.404. The fourth-order valence-electron chi connectivity index (χ4n) is 4.11. The number of carbonyl (C=O) groups excluding carboxylic acids is 3. The van der Waals surface area contributed by atoms with Gasteiger partial charge in [-0.2, -0.15) is 0 Å². The number of fused-ring (bicyclic) bond motifs is 1. The van der Waals surface area contributed by atoms with Crippen molar-refractivity contribution in [3.8, 4) is 0 Å². The number of hydrogen-bond acceptors (Lipinski definition) is 5. The molecule has 0 bridgehead atoms. The molecule has 1 fully saturated rings. The molecule has 0 aromatic heterocycles. The summed E-state index contributed by atoms with van der Waals surface area (Å²) < 4.78 is 0. The number of carbonyl (C=O) groups is 3. The van der Waals surface area contributed by atoms with Gasteiger partial charge in [-0.1, -0.05) is 65.9 Å². The van der Waals surface area contributed by atoms with E-state index in [0.29, 0.717) is 18.0 Å². The van der Waals surface area contributed by atoms with Crippen LogP contribution in [-0.2, 0) is 22.6 Å². The van der Waals surface area contributed by atoms with Gasteiger partial charge in [-0.05, 0) is 72.1 Å². The number of rotatable bonds is 5. The molecule has 5 rings (SSSR count). The number of hydrogen-bond donors (Lipinski definition) is 0. The van der Waals surface area contributed by atoms with Crippen LogP contribution in [0.25, 0.3) is 6.08 Å². The van der Waals surface area contributed by atoms with E-state index in [2.05, 4.69) is 37.3 Å². The minimum absolute atomic E-state index is 0.208. The van der Waals surface area contributed by atoms with Gasteiger partial charge in [-0.25, -0.2) is 0 Å². The van der Waals surface area contributed by atoms with Crippen molar-refractivity contribution in [3.05, 3.63) is 100.0 Å². The zero-order chi connectivity index (χ0) is 24.4. The molecule has 2 aliphatic rings. The van der Waals surface area contributed by atoms with Crippen LogP contribution in [-0.4, -0.2) is 39.9 Å². The maximum absolute atomic E-state index is 12.9. The number of nitrogens with zero attached hydrogens (tertiary/aromatic N) is 2. The van der Waals surface area contributed by atoms with Gasteiger partial charge >= 0.3 is 0 Å². The molecular weight excluding hydrogens is 476 g/mol. The molecule has 3 aromatic rings. The number of aryl methyl sites for hydroxylation is 1. The molecule has 0 aliphatic carbocycles. The van der Waals surface area contributed by atoms with Crippen molar-refractivity contribution in [3.63, 3.8) is 0 Å². The lowest BCUT2D eigenvalue weighted by molar-refractivity contribution is -0.136. The second-order valence-corrected chi connectivity index (χ2v) is 10.7. The molecule has 2 aliphatic heterocycles. The quantitative estimate of drug-likeness (QED) is 0.417. The van der Waals surface area contributed by atoms with E-state index < -0.39 is 11.1 Å². The molecule has 0 N–H and O–H groups in total. The van der Waals surface area contributed by atoms with Crippen molar-refractivity contribution in [2.24, 2.45) is 0 Å². The average molecular weight is 501 g/mol. The zero-order valence-electron chi connectivity index (χ0n) is 19.3. The molecule has 3 amide bonds. The van der Waals surface area contributed by atoms with Crippen LogP contribution in [0.1, 0.15) is 22.3 Å². The van der Waals surface area contributed by atoms with Crippen molar-refractivity contribution in [1.29, 1.82) is 0 Å². The number of thioether (sulfide) groups is 1. The standard InChI is InChI=1S/C28H24N2O3S2/c1-19-6-10-23(11-7-19)34-24-12-8-20(9-13-24)16-25-27(32)30(28(33)35-25)18-26(31)29-15-14-21-4-2-3-5-22(21)17-29/h2-13,16H,14-15,17-18H2,1H3/b25-16-. The largest absolute Gasteiger partial charge is 0.336 e. The lowest BCUT2D eigenvalue weighted by Gasteiger charge is -2.29. The van der Waals surface area contributed by atoms with Crippen LogP contribution in [0.5, 0.6) is 0 Å². The fourth-order valence-corrected chi connectivity index (χ4v) is 5.76. The summed E-state index contributed by atoms with van der Waals surface area (Å²) in [6.07, 6.45) is 2.49. The average Bonchev–Trinajstić information content (AvgIpc) is 3.13. The van der Waals surface area contributed by atoms with Crippen LogP contribution in [0.15, 0.2) is 87.5 Å². The Morgan fingerprint density at radius 1 is 0.943 bits per heavy atom. The predicted molar refractivity (Wildman–Crippen MR) is 140 cm³/mol. The topological polar surface area (TPSA) is 57.7 Å². The third-order valence-electron chi connectivity index (χ3n) is 6.08. The first-order chi connectivity index (χ1) is 17.0. The van der Waals surface area contributed by atoms with Crippen LogP contribution in [0.4, 0.5) is 4.79 Å². The molecule has 0 spiro atoms. The zero-order valence-corrected chi connectivity index (χ0v) is 20.9. The summed E-state index contributed by atoms with van der Waals surface area (Å²) in [7, 11) is 0. The van der Waals surface area contributed by atoms with Gasteiger partial charge in [0.25, 0.3) is 11.1 Å². The fraction of sp³-hybridized carbons (Fsp3) is 0.179. The molecule has 0 saturated carbocycles. The Kier molecular flexibility index (Phi) is 6.79. The molecule has 2 heterocycles. The lowest BCUT2D eigenvalue weighted by Crippen LogP contribution is -2.44. The second-order valence-electron chi connectivity index (χ2n) is 8.59. The smallest absolute Gasteiger partial charge is 0.294 e. The Bertz CT molecular complexity index is 1320. The van der Waals surface area contributed by atoms with Gasteiger partial charge < -0.3 is 4.90 Å². The van der Waals surface area contributed by atoms with E-state index in [4.69, 9.17) is 0 Å². The monoisotopic (exact) mass is 500 g/mol. The third-order valence-corrected chi connectivity index (χ3v) is 8.01. The first-order valence-electron chi connectivity index (χ1n) is 11.4. The summed E-state index contributed by atoms with van der Waals surface area (Å²) in [4.78, 5) is 43.7. The lowest BCUT2D eigenvalue weighted by atomic mass is 10.00. The van der Waals surface area contributed by atoms with E-state index in [-0.39, 0.29) is 12.5 Å². The summed E-state index contributed by atoms with van der Waals surface area (Å²) in [5.41, 5.74) is 4.42. The Morgan fingerprint density at radius 3 is 2.31 bits per heavy atom. The highest BCUT2D eigenvalue weighted by Crippen LogP contribution is 2.33. The van der Waals surface area contributed by atoms with Gasteiger partial charge in [0.1, 0.15) is 6.54 Å². The molecular formula is C28H24N2O3S2. The molecule has 0 radical (unpaired) electrons. The first-order valence-corrected chi connectivity index (χ1v) is 13.0. The molecule has 3 aromatic carbocycles. The molecule has 35 heavy (non-hydrogen) atoms. The van der Waals surface area contributed by atoms with Crippen molar-refractivity contribution in [2.75, 3.05) is 13.1 Å². The van der Waals surface area contributed by atoms with E-state index >= 15 is 0 Å². The Morgan fingerprint density at radius 2 is 1.60 bits per heavy atom. The number of benzene rings is 3. The molecule has 7 heteroatoms. The van der Waals surface area contributed by atoms with Gasteiger partial charge in [-0.3, -0.25) is 19.3 Å². The van der Waals surface area contributed by atoms with E-state index in [1.807, 2.05) is 42.5 Å². The van der Waals surface area contributed by atoms with Crippen molar-refractivity contribution < 1.29 is 14.4 Å². The van der Waals surface area contributed by atoms with Gasteiger partial charge in [-0.15, -0.1) is 0 Å². The maximum Gasteiger partial charge on any atom is 0.294 e. The summed E-state index contributed by atoms with van der Waals surface area (Å²) in [6.45, 7) is 2.94. The van der Waals surface area contributed by atoms with Crippen molar-refractivity contribution in [1.82, 2.24) is 9.80 Å². The van der Waals surface area contributed by atoms with Crippen LogP contribution in [0.2, 0.25) is 0 Å². The summed E-state index contributed by atoms with van der Waals surface area (Å²) in [6, 6.07) is 24.3. The van der Waals surface area contributed by atoms with Crippen molar-refractivity contribution >= 4 is 46.7 Å². The summed E-state index contributed by atoms with van der Waals surface area (Å²) >= 11 is 2.55. The van der Waals surface area contributed by atoms with E-state index in [1.165, 1.54) is 11.1 Å². The van der Waals surface area contributed by atoms with E-state index in [0.717, 1.165) is 44.0 Å². The highest BCUT2D eigenvalue weighted by molar-refractivity contribution is 8.18. The normalized spacial score (nSPS) is 16.7. The number of imide groups is 1. The first kappa shape index (κ1) is 23.5. The van der Waals surface area contributed by atoms with E-state index in [1.54, 1.807) is 22.7 Å². The van der Waals surface area contributed by atoms with Crippen LogP contribution in [0, 0.1) is 6.92 Å². The van der Waals surface area contributed by atoms with Crippen LogP contribution in [0.3, 0.4) is 0 Å². The highest BCUT2D eigenvalue weighted by atomic mass is 32.2. The second kappa shape index (κ2) is 10.1. The SMILES string of the molecule is Cc1ccc(Sc2ccc(/C=C3\SC(=O)N(CC(=O)N4CCc5ccccc5C4)C3=O)cc2)cc1. The Hall–Kier alpha value is -3.29. The van der Waals surface area contributed by atoms with Gasteiger partial charge in [0, 0.05) is 22.9 Å². The molecule has 0 atom stereocenters. The van der Waals surface area contributed by atoms with Gasteiger partial charge in [0.15, 0.2) is 0 Å². The van der Waals surface area contributed by atoms with Gasteiger partial charge in [0.2, 0.25) is 5.91 Å². The predicted octanol–water partition coefficient (Wildman–Crippen LogP) is 5.77. The molecule has 176 valence electrons. The third kappa shape index (κ3) is 5.36. The minimum atomic E-state index is -0.413. The van der Waals surface area contributed by atoms with Crippen LogP contribution < -0.4 is 0 Å². The molecule has 0 unspecified atom stereocenters. The van der Waals surface area contributed by atoms with Crippen LogP contribution >= 0.6 is 23.5 Å². The Labute approximate surface area is 213 Å². The minimum Gasteiger partial charge on any atom is -0.336 e. The Balaban J connectivity index is 1.22.